The monoisotopic (exact) mass is 322 g/mol. The van der Waals surface area contributed by atoms with Crippen LogP contribution in [0.5, 0.6) is 11.5 Å². The molecule has 15 heavy (non-hydrogen) atoms. The van der Waals surface area contributed by atoms with E-state index in [4.69, 9.17) is 14.6 Å². The lowest BCUT2D eigenvalue weighted by molar-refractivity contribution is 0.0695. The van der Waals surface area contributed by atoms with Crippen molar-refractivity contribution in [1.82, 2.24) is 0 Å². The number of benzene rings is 1. The molecule has 4 nitrogen and oxygen atoms in total. The molecule has 0 aliphatic rings. The van der Waals surface area contributed by atoms with Gasteiger partial charge in [-0.25, -0.2) is 4.79 Å². The van der Waals surface area contributed by atoms with E-state index in [0.29, 0.717) is 15.1 Å². The van der Waals surface area contributed by atoms with Crippen LogP contribution in [-0.4, -0.2) is 25.3 Å². The van der Waals surface area contributed by atoms with E-state index in [1.165, 1.54) is 20.3 Å². The Labute approximate surface area is 101 Å². The van der Waals surface area contributed by atoms with Crippen LogP contribution in [-0.2, 0) is 0 Å². The highest BCUT2D eigenvalue weighted by Gasteiger charge is 2.18. The van der Waals surface area contributed by atoms with Crippen LogP contribution >= 0.6 is 22.6 Å². The number of rotatable bonds is 3. The maximum atomic E-state index is 10.9. The van der Waals surface area contributed by atoms with Crippen molar-refractivity contribution >= 4 is 28.6 Å². The van der Waals surface area contributed by atoms with Crippen molar-refractivity contribution < 1.29 is 19.4 Å². The summed E-state index contributed by atoms with van der Waals surface area (Å²) in [6, 6.07) is 1.47. The molecule has 0 amide bonds. The quantitative estimate of drug-likeness (QED) is 0.868. The van der Waals surface area contributed by atoms with E-state index < -0.39 is 5.97 Å². The predicted molar refractivity (Wildman–Crippen MR) is 64.0 cm³/mol. The van der Waals surface area contributed by atoms with E-state index in [2.05, 4.69) is 0 Å². The highest BCUT2D eigenvalue weighted by molar-refractivity contribution is 14.1. The first-order valence-electron chi connectivity index (χ1n) is 4.17. The largest absolute Gasteiger partial charge is 0.493 e. The first kappa shape index (κ1) is 12.1. The van der Waals surface area contributed by atoms with Crippen molar-refractivity contribution in [2.75, 3.05) is 14.2 Å². The van der Waals surface area contributed by atoms with E-state index in [1.807, 2.05) is 22.6 Å². The van der Waals surface area contributed by atoms with E-state index in [-0.39, 0.29) is 5.56 Å². The normalized spacial score (nSPS) is 9.87. The van der Waals surface area contributed by atoms with Gasteiger partial charge in [0.25, 0.3) is 0 Å². The van der Waals surface area contributed by atoms with Crippen LogP contribution in [0.1, 0.15) is 15.9 Å². The molecule has 0 atom stereocenters. The summed E-state index contributed by atoms with van der Waals surface area (Å²) in [5, 5.41) is 8.97. The molecule has 0 saturated carbocycles. The molecule has 0 aliphatic heterocycles. The Morgan fingerprint density at radius 1 is 1.40 bits per heavy atom. The fraction of sp³-hybridized carbons (Fsp3) is 0.300. The minimum Gasteiger partial charge on any atom is -0.493 e. The van der Waals surface area contributed by atoms with Crippen LogP contribution in [0, 0.1) is 10.5 Å². The molecule has 0 bridgehead atoms. The van der Waals surface area contributed by atoms with Crippen molar-refractivity contribution in [2.45, 2.75) is 6.92 Å². The van der Waals surface area contributed by atoms with Gasteiger partial charge in [-0.1, -0.05) is 0 Å². The van der Waals surface area contributed by atoms with Gasteiger partial charge in [-0.05, 0) is 35.6 Å². The Morgan fingerprint density at radius 3 is 2.40 bits per heavy atom. The summed E-state index contributed by atoms with van der Waals surface area (Å²) in [5.74, 6) is 0.0446. The maximum Gasteiger partial charge on any atom is 0.336 e. The molecule has 0 heterocycles. The number of hydrogen-bond acceptors (Lipinski definition) is 3. The minimum absolute atomic E-state index is 0.228. The number of ether oxygens (including phenoxy) is 2. The Balaban J connectivity index is 3.49. The number of hydrogen-bond donors (Lipinski definition) is 1. The van der Waals surface area contributed by atoms with Crippen molar-refractivity contribution in [2.24, 2.45) is 0 Å². The summed E-state index contributed by atoms with van der Waals surface area (Å²) in [5.41, 5.74) is 1.00. The SMILES string of the molecule is COc1cc(C(=O)O)c(I)c(C)c1OC. The van der Waals surface area contributed by atoms with Gasteiger partial charge in [-0.2, -0.15) is 0 Å². The molecule has 5 heteroatoms. The number of methoxy groups -OCH3 is 2. The molecule has 0 radical (unpaired) electrons. The predicted octanol–water partition coefficient (Wildman–Crippen LogP) is 2.32. The standard InChI is InChI=1S/C10H11IO4/c1-5-8(11)6(10(12)13)4-7(14-2)9(5)15-3/h4H,1-3H3,(H,12,13). The van der Waals surface area contributed by atoms with Gasteiger partial charge in [0.15, 0.2) is 11.5 Å². The summed E-state index contributed by atoms with van der Waals surface area (Å²) in [6.45, 7) is 1.80. The van der Waals surface area contributed by atoms with Gasteiger partial charge in [-0.15, -0.1) is 0 Å². The van der Waals surface area contributed by atoms with Crippen molar-refractivity contribution in [3.63, 3.8) is 0 Å². The Morgan fingerprint density at radius 2 is 2.00 bits per heavy atom. The fourth-order valence-corrected chi connectivity index (χ4v) is 1.94. The molecule has 1 N–H and O–H groups in total. The van der Waals surface area contributed by atoms with Gasteiger partial charge in [0.1, 0.15) is 0 Å². The molecule has 0 spiro atoms. The van der Waals surface area contributed by atoms with Crippen molar-refractivity contribution in [3.8, 4) is 11.5 Å². The zero-order chi connectivity index (χ0) is 11.6. The van der Waals surface area contributed by atoms with Crippen molar-refractivity contribution in [3.05, 3.63) is 20.8 Å². The van der Waals surface area contributed by atoms with Gasteiger partial charge in [0, 0.05) is 9.13 Å². The first-order chi connectivity index (χ1) is 7.02. The Bertz CT molecular complexity index is 401. The van der Waals surface area contributed by atoms with Crippen LogP contribution < -0.4 is 9.47 Å². The summed E-state index contributed by atoms with van der Waals surface area (Å²) in [6.07, 6.45) is 0. The highest BCUT2D eigenvalue weighted by atomic mass is 127. The van der Waals surface area contributed by atoms with E-state index in [9.17, 15) is 4.79 Å². The summed E-state index contributed by atoms with van der Waals surface area (Å²) in [7, 11) is 3.01. The second-order valence-electron chi connectivity index (χ2n) is 2.90. The Hall–Kier alpha value is -0.980. The first-order valence-corrected chi connectivity index (χ1v) is 5.25. The summed E-state index contributed by atoms with van der Waals surface area (Å²) >= 11 is 1.99. The zero-order valence-electron chi connectivity index (χ0n) is 8.63. The van der Waals surface area contributed by atoms with Crippen LogP contribution in [0.4, 0.5) is 0 Å². The third-order valence-corrected chi connectivity index (χ3v) is 3.45. The van der Waals surface area contributed by atoms with Gasteiger partial charge in [-0.3, -0.25) is 0 Å². The number of carboxylic acid groups (broad SMARTS) is 1. The molecule has 1 aromatic carbocycles. The molecular weight excluding hydrogens is 311 g/mol. The zero-order valence-corrected chi connectivity index (χ0v) is 10.8. The molecule has 82 valence electrons. The molecule has 0 aromatic heterocycles. The third kappa shape index (κ3) is 2.17. The van der Waals surface area contributed by atoms with Gasteiger partial charge >= 0.3 is 5.97 Å². The lowest BCUT2D eigenvalue weighted by Crippen LogP contribution is -2.04. The smallest absolute Gasteiger partial charge is 0.336 e. The average Bonchev–Trinajstić information content (AvgIpc) is 2.21. The van der Waals surface area contributed by atoms with Crippen LogP contribution in [0.15, 0.2) is 6.07 Å². The minimum atomic E-state index is -0.969. The summed E-state index contributed by atoms with van der Waals surface area (Å²) in [4.78, 5) is 10.9. The molecular formula is C10H11IO4. The van der Waals surface area contributed by atoms with Crippen LogP contribution in [0.2, 0.25) is 0 Å². The second kappa shape index (κ2) is 4.69. The van der Waals surface area contributed by atoms with Crippen molar-refractivity contribution in [1.29, 1.82) is 0 Å². The van der Waals surface area contributed by atoms with Gasteiger partial charge < -0.3 is 14.6 Å². The van der Waals surface area contributed by atoms with Crippen LogP contribution in [0.3, 0.4) is 0 Å². The van der Waals surface area contributed by atoms with E-state index in [0.717, 1.165) is 5.56 Å². The second-order valence-corrected chi connectivity index (χ2v) is 3.98. The molecule has 0 aliphatic carbocycles. The number of aromatic carboxylic acids is 1. The number of carbonyl (C=O) groups is 1. The fourth-order valence-electron chi connectivity index (χ4n) is 1.31. The van der Waals surface area contributed by atoms with Gasteiger partial charge in [0.2, 0.25) is 0 Å². The molecule has 0 fully saturated rings. The van der Waals surface area contributed by atoms with Crippen LogP contribution in [0.25, 0.3) is 0 Å². The average molecular weight is 322 g/mol. The molecule has 1 rings (SSSR count). The Kier molecular flexibility index (Phi) is 3.78. The van der Waals surface area contributed by atoms with E-state index >= 15 is 0 Å². The van der Waals surface area contributed by atoms with E-state index in [1.54, 1.807) is 6.92 Å². The third-order valence-electron chi connectivity index (χ3n) is 2.06. The van der Waals surface area contributed by atoms with Gasteiger partial charge in [0.05, 0.1) is 19.8 Å². The molecule has 0 saturated heterocycles. The summed E-state index contributed by atoms with van der Waals surface area (Å²) < 4.78 is 10.9. The topological polar surface area (TPSA) is 55.8 Å². The maximum absolute atomic E-state index is 10.9. The molecule has 0 unspecified atom stereocenters. The lowest BCUT2D eigenvalue weighted by atomic mass is 10.1. The molecule has 1 aromatic rings. The number of carboxylic acids is 1. The number of halogens is 1. The highest BCUT2D eigenvalue weighted by Crippen LogP contribution is 2.35. The lowest BCUT2D eigenvalue weighted by Gasteiger charge is -2.13.